The summed E-state index contributed by atoms with van der Waals surface area (Å²) in [5, 5.41) is 2.73. The van der Waals surface area contributed by atoms with Gasteiger partial charge < -0.3 is 5.32 Å². The van der Waals surface area contributed by atoms with E-state index in [9.17, 15) is 13.6 Å². The van der Waals surface area contributed by atoms with Crippen molar-refractivity contribution in [3.05, 3.63) is 71.3 Å². The molecule has 2 nitrogen and oxygen atoms in total. The Bertz CT molecular complexity index is 596. The molecular weight excluding hydrogens is 260 g/mol. The van der Waals surface area contributed by atoms with Gasteiger partial charge in [0.2, 0.25) is 0 Å². The molecule has 2 rings (SSSR count). The molecule has 0 spiro atoms. The minimum absolute atomic E-state index is 0.0263. The van der Waals surface area contributed by atoms with Crippen LogP contribution in [0.1, 0.15) is 22.8 Å². The van der Waals surface area contributed by atoms with Gasteiger partial charge in [-0.15, -0.1) is 0 Å². The Morgan fingerprint density at radius 2 is 1.75 bits per heavy atom. The Labute approximate surface area is 116 Å². The predicted octanol–water partition coefficient (Wildman–Crippen LogP) is 3.33. The third-order valence-electron chi connectivity index (χ3n) is 2.95. The molecule has 20 heavy (non-hydrogen) atoms. The quantitative estimate of drug-likeness (QED) is 0.911. The van der Waals surface area contributed by atoms with Gasteiger partial charge >= 0.3 is 0 Å². The number of amides is 1. The van der Waals surface area contributed by atoms with Gasteiger partial charge in [-0.2, -0.15) is 0 Å². The Kier molecular flexibility index (Phi) is 4.45. The second kappa shape index (κ2) is 6.28. The summed E-state index contributed by atoms with van der Waals surface area (Å²) in [6.45, 7) is 1.82. The number of rotatable bonds is 4. The average molecular weight is 275 g/mol. The van der Waals surface area contributed by atoms with Gasteiger partial charge in [-0.3, -0.25) is 4.79 Å². The van der Waals surface area contributed by atoms with Gasteiger partial charge in [0, 0.05) is 6.04 Å². The maximum atomic E-state index is 13.5. The highest BCUT2D eigenvalue weighted by Gasteiger charge is 2.13. The van der Waals surface area contributed by atoms with Crippen LogP contribution in [0.5, 0.6) is 0 Å². The molecule has 0 radical (unpaired) electrons. The lowest BCUT2D eigenvalue weighted by Crippen LogP contribution is -2.34. The largest absolute Gasteiger partial charge is 0.349 e. The zero-order valence-electron chi connectivity index (χ0n) is 11.1. The maximum Gasteiger partial charge on any atom is 0.254 e. The van der Waals surface area contributed by atoms with Crippen molar-refractivity contribution in [2.45, 2.75) is 19.4 Å². The first kappa shape index (κ1) is 14.2. The summed E-state index contributed by atoms with van der Waals surface area (Å²) < 4.78 is 26.2. The van der Waals surface area contributed by atoms with Crippen LogP contribution in [0.2, 0.25) is 0 Å². The first-order chi connectivity index (χ1) is 9.56. The average Bonchev–Trinajstić information content (AvgIpc) is 2.41. The highest BCUT2D eigenvalue weighted by molar-refractivity contribution is 5.94. The van der Waals surface area contributed by atoms with E-state index in [2.05, 4.69) is 5.32 Å². The van der Waals surface area contributed by atoms with Crippen molar-refractivity contribution in [3.8, 4) is 0 Å². The minimum atomic E-state index is -0.543. The fraction of sp³-hybridized carbons (Fsp3) is 0.188. The lowest BCUT2D eigenvalue weighted by molar-refractivity contribution is 0.0936. The summed E-state index contributed by atoms with van der Waals surface area (Å²) >= 11 is 0. The van der Waals surface area contributed by atoms with Crippen molar-refractivity contribution >= 4 is 5.91 Å². The van der Waals surface area contributed by atoms with Crippen LogP contribution in [0, 0.1) is 11.6 Å². The summed E-state index contributed by atoms with van der Waals surface area (Å²) in [6, 6.07) is 11.8. The molecule has 0 aliphatic heterocycles. The molecule has 0 saturated carbocycles. The minimum Gasteiger partial charge on any atom is -0.349 e. The number of hydrogen-bond donors (Lipinski definition) is 1. The molecule has 0 aliphatic rings. The summed E-state index contributed by atoms with van der Waals surface area (Å²) in [5.41, 5.74) is 0.936. The molecule has 4 heteroatoms. The first-order valence-corrected chi connectivity index (χ1v) is 6.36. The molecule has 0 aliphatic carbocycles. The van der Waals surface area contributed by atoms with Crippen LogP contribution in [0.15, 0.2) is 48.5 Å². The zero-order valence-corrected chi connectivity index (χ0v) is 11.1. The lowest BCUT2D eigenvalue weighted by atomic mass is 10.1. The molecule has 0 aromatic heterocycles. The van der Waals surface area contributed by atoms with Crippen molar-refractivity contribution < 1.29 is 13.6 Å². The fourth-order valence-corrected chi connectivity index (χ4v) is 1.97. The standard InChI is InChI=1S/C16H15F2NO/c1-11(10-12-6-8-13(17)9-7-12)19-16(20)14-4-2-3-5-15(14)18/h2-9,11H,10H2,1H3,(H,19,20). The van der Waals surface area contributed by atoms with Gasteiger partial charge in [0.25, 0.3) is 5.91 Å². The first-order valence-electron chi connectivity index (χ1n) is 6.36. The molecule has 104 valence electrons. The topological polar surface area (TPSA) is 29.1 Å². The smallest absolute Gasteiger partial charge is 0.254 e. The lowest BCUT2D eigenvalue weighted by Gasteiger charge is -2.14. The number of nitrogens with one attached hydrogen (secondary N) is 1. The Hall–Kier alpha value is -2.23. The molecule has 2 aromatic rings. The number of carbonyl (C=O) groups is 1. The van der Waals surface area contributed by atoms with Crippen molar-refractivity contribution in [3.63, 3.8) is 0 Å². The van der Waals surface area contributed by atoms with Crippen molar-refractivity contribution in [1.29, 1.82) is 0 Å². The number of benzene rings is 2. The van der Waals surface area contributed by atoms with Gasteiger partial charge in [-0.1, -0.05) is 24.3 Å². The summed E-state index contributed by atoms with van der Waals surface area (Å²) in [4.78, 5) is 11.9. The summed E-state index contributed by atoms with van der Waals surface area (Å²) in [7, 11) is 0. The van der Waals surface area contributed by atoms with E-state index in [1.54, 1.807) is 18.2 Å². The molecule has 0 bridgehead atoms. The van der Waals surface area contributed by atoms with E-state index >= 15 is 0 Å². The van der Waals surface area contributed by atoms with Crippen LogP contribution in [-0.4, -0.2) is 11.9 Å². The Morgan fingerprint density at radius 3 is 2.40 bits per heavy atom. The van der Waals surface area contributed by atoms with E-state index in [-0.39, 0.29) is 17.4 Å². The van der Waals surface area contributed by atoms with E-state index in [0.717, 1.165) is 5.56 Å². The van der Waals surface area contributed by atoms with Crippen molar-refractivity contribution in [2.75, 3.05) is 0 Å². The molecule has 0 saturated heterocycles. The molecule has 2 aromatic carbocycles. The van der Waals surface area contributed by atoms with E-state index in [1.807, 2.05) is 6.92 Å². The van der Waals surface area contributed by atoms with Crippen molar-refractivity contribution in [2.24, 2.45) is 0 Å². The van der Waals surface area contributed by atoms with E-state index in [0.29, 0.717) is 6.42 Å². The van der Waals surface area contributed by atoms with Crippen LogP contribution in [0.4, 0.5) is 8.78 Å². The molecule has 0 heterocycles. The SMILES string of the molecule is CC(Cc1ccc(F)cc1)NC(=O)c1ccccc1F. The van der Waals surface area contributed by atoms with Gasteiger partial charge in [0.05, 0.1) is 5.56 Å². The number of halogens is 2. The predicted molar refractivity (Wildman–Crippen MR) is 73.4 cm³/mol. The van der Waals surface area contributed by atoms with Crippen LogP contribution < -0.4 is 5.32 Å². The molecule has 1 atom stereocenters. The zero-order chi connectivity index (χ0) is 14.5. The molecule has 1 unspecified atom stereocenters. The van der Waals surface area contributed by atoms with E-state index < -0.39 is 11.7 Å². The van der Waals surface area contributed by atoms with Gasteiger partial charge in [-0.25, -0.2) is 8.78 Å². The van der Waals surface area contributed by atoms with Gasteiger partial charge in [0.1, 0.15) is 11.6 Å². The second-order valence-corrected chi connectivity index (χ2v) is 4.68. The third kappa shape index (κ3) is 3.63. The van der Waals surface area contributed by atoms with Crippen LogP contribution >= 0.6 is 0 Å². The monoisotopic (exact) mass is 275 g/mol. The van der Waals surface area contributed by atoms with Gasteiger partial charge in [-0.05, 0) is 43.2 Å². The summed E-state index contributed by atoms with van der Waals surface area (Å²) in [5.74, 6) is -1.28. The van der Waals surface area contributed by atoms with Crippen LogP contribution in [0.3, 0.4) is 0 Å². The van der Waals surface area contributed by atoms with Crippen LogP contribution in [-0.2, 0) is 6.42 Å². The molecular formula is C16H15F2NO. The number of carbonyl (C=O) groups excluding carboxylic acids is 1. The number of hydrogen-bond acceptors (Lipinski definition) is 1. The van der Waals surface area contributed by atoms with Gasteiger partial charge in [0.15, 0.2) is 0 Å². The van der Waals surface area contributed by atoms with E-state index in [1.165, 1.54) is 30.3 Å². The Morgan fingerprint density at radius 1 is 1.10 bits per heavy atom. The van der Waals surface area contributed by atoms with E-state index in [4.69, 9.17) is 0 Å². The summed E-state index contributed by atoms with van der Waals surface area (Å²) in [6.07, 6.45) is 0.556. The molecule has 1 N–H and O–H groups in total. The Balaban J connectivity index is 1.98. The second-order valence-electron chi connectivity index (χ2n) is 4.68. The molecule has 1 amide bonds. The van der Waals surface area contributed by atoms with Crippen molar-refractivity contribution in [1.82, 2.24) is 5.32 Å². The third-order valence-corrected chi connectivity index (χ3v) is 2.95. The maximum absolute atomic E-state index is 13.5. The highest BCUT2D eigenvalue weighted by atomic mass is 19.1. The fourth-order valence-electron chi connectivity index (χ4n) is 1.97. The highest BCUT2D eigenvalue weighted by Crippen LogP contribution is 2.09. The van der Waals surface area contributed by atoms with Crippen LogP contribution in [0.25, 0.3) is 0 Å². The molecule has 0 fully saturated rings. The normalized spacial score (nSPS) is 11.9.